The predicted octanol–water partition coefficient (Wildman–Crippen LogP) is 5.27. The van der Waals surface area contributed by atoms with Gasteiger partial charge in [-0.05, 0) is 45.0 Å². The normalized spacial score (nSPS) is 14.2. The number of rotatable bonds is 5. The highest BCUT2D eigenvalue weighted by Crippen LogP contribution is 2.32. The lowest BCUT2D eigenvalue weighted by Gasteiger charge is -2.36. The molecule has 0 aliphatic carbocycles. The number of anilines is 3. The number of nitrogens with one attached hydrogen (secondary N) is 1. The Morgan fingerprint density at radius 3 is 2.33 bits per heavy atom. The summed E-state index contributed by atoms with van der Waals surface area (Å²) < 4.78 is 44.7. The predicted molar refractivity (Wildman–Crippen MR) is 137 cm³/mol. The van der Waals surface area contributed by atoms with Crippen LogP contribution in [0.1, 0.15) is 26.3 Å². The van der Waals surface area contributed by atoms with Crippen molar-refractivity contribution in [3.05, 3.63) is 64.5 Å². The fourth-order valence-corrected chi connectivity index (χ4v) is 3.84. The van der Waals surface area contributed by atoms with E-state index in [0.29, 0.717) is 37.6 Å². The van der Waals surface area contributed by atoms with E-state index in [9.17, 15) is 28.1 Å². The molecule has 0 unspecified atom stereocenters. The molecule has 1 fully saturated rings. The second kappa shape index (κ2) is 10.7. The fraction of sp³-hybridized carbons (Fsp3) is 0.360. The number of ether oxygens (including phenoxy) is 1. The maximum absolute atomic E-state index is 13.1. The van der Waals surface area contributed by atoms with Crippen LogP contribution in [0.3, 0.4) is 0 Å². The molecule has 0 radical (unpaired) electrons. The molecule has 1 N–H and O–H groups in total. The van der Waals surface area contributed by atoms with E-state index in [4.69, 9.17) is 4.74 Å². The van der Waals surface area contributed by atoms with Crippen LogP contribution in [-0.4, -0.2) is 62.6 Å². The van der Waals surface area contributed by atoms with E-state index in [1.807, 2.05) is 4.90 Å². The van der Waals surface area contributed by atoms with Crippen LogP contribution in [0.15, 0.2) is 48.8 Å². The monoisotopic (exact) mass is 545 g/mol. The highest BCUT2D eigenvalue weighted by molar-refractivity contribution is 5.70. The third kappa shape index (κ3) is 7.09. The first-order chi connectivity index (χ1) is 18.3. The van der Waals surface area contributed by atoms with E-state index in [1.54, 1.807) is 37.8 Å². The zero-order valence-electron chi connectivity index (χ0n) is 21.4. The number of aromatic nitrogens is 3. The molecular weight excluding hydrogens is 519 g/mol. The summed E-state index contributed by atoms with van der Waals surface area (Å²) in [5.41, 5.74) is -1.09. The van der Waals surface area contributed by atoms with Gasteiger partial charge in [0.25, 0.3) is 5.69 Å². The summed E-state index contributed by atoms with van der Waals surface area (Å²) >= 11 is 0. The lowest BCUT2D eigenvalue weighted by molar-refractivity contribution is -0.384. The van der Waals surface area contributed by atoms with Crippen molar-refractivity contribution in [3.63, 3.8) is 0 Å². The lowest BCUT2D eigenvalue weighted by atomic mass is 10.1. The number of pyridine rings is 3. The number of hydrogen-bond donors (Lipinski definition) is 1. The summed E-state index contributed by atoms with van der Waals surface area (Å²) in [5.74, 6) is 0.371. The average molecular weight is 546 g/mol. The number of nitrogens with zero attached hydrogens (tertiary/aromatic N) is 6. The van der Waals surface area contributed by atoms with Crippen molar-refractivity contribution in [2.24, 2.45) is 0 Å². The van der Waals surface area contributed by atoms with Crippen LogP contribution in [0, 0.1) is 10.1 Å². The van der Waals surface area contributed by atoms with Crippen molar-refractivity contribution in [3.8, 4) is 11.3 Å². The number of halogens is 3. The largest absolute Gasteiger partial charge is 0.444 e. The Morgan fingerprint density at radius 1 is 1.00 bits per heavy atom. The molecule has 1 saturated heterocycles. The van der Waals surface area contributed by atoms with E-state index in [1.165, 1.54) is 12.3 Å². The molecule has 0 saturated carbocycles. The van der Waals surface area contributed by atoms with Crippen molar-refractivity contribution in [2.45, 2.75) is 32.5 Å². The molecule has 4 heterocycles. The summed E-state index contributed by atoms with van der Waals surface area (Å²) in [7, 11) is 0. The molecule has 1 amide bonds. The summed E-state index contributed by atoms with van der Waals surface area (Å²) in [6.45, 7) is 7.24. The number of nitro groups is 1. The molecule has 0 spiro atoms. The SMILES string of the molecule is CC(C)(C)OC(=O)N1CCN(c2cc(-c3cc([N+](=O)[O-])cc(Nc4cc(C(F)(F)F)ccn4)n3)ccn2)CC1. The Bertz CT molecular complexity index is 1370. The minimum Gasteiger partial charge on any atom is -0.444 e. The zero-order chi connectivity index (χ0) is 28.4. The molecule has 0 atom stereocenters. The number of carbonyl (C=O) groups is 1. The van der Waals surface area contributed by atoms with Crippen molar-refractivity contribution in [1.82, 2.24) is 19.9 Å². The van der Waals surface area contributed by atoms with Gasteiger partial charge in [-0.3, -0.25) is 10.1 Å². The maximum atomic E-state index is 13.1. The van der Waals surface area contributed by atoms with Crippen LogP contribution in [0.25, 0.3) is 11.3 Å². The van der Waals surface area contributed by atoms with Gasteiger partial charge in [0.15, 0.2) is 0 Å². The van der Waals surface area contributed by atoms with Gasteiger partial charge < -0.3 is 19.9 Å². The molecule has 3 aromatic rings. The van der Waals surface area contributed by atoms with Crippen molar-refractivity contribution in [2.75, 3.05) is 36.4 Å². The van der Waals surface area contributed by atoms with Crippen LogP contribution in [-0.2, 0) is 10.9 Å². The topological polar surface area (TPSA) is 127 Å². The Labute approximate surface area is 221 Å². The van der Waals surface area contributed by atoms with Gasteiger partial charge in [-0.15, -0.1) is 0 Å². The van der Waals surface area contributed by atoms with E-state index in [0.717, 1.165) is 24.4 Å². The third-order valence-corrected chi connectivity index (χ3v) is 5.66. The standard InChI is InChI=1S/C25H26F3N7O4/c1-24(2,3)39-23(36)34-10-8-33(9-11-34)22-12-16(4-6-30-22)19-14-18(35(37)38)15-21(31-19)32-20-13-17(5-7-29-20)25(26,27)28/h4-7,12-15H,8-11H2,1-3H3,(H,29,31,32). The smallest absolute Gasteiger partial charge is 0.416 e. The van der Waals surface area contributed by atoms with Gasteiger partial charge >= 0.3 is 12.3 Å². The van der Waals surface area contributed by atoms with Crippen LogP contribution in [0.5, 0.6) is 0 Å². The molecule has 0 aromatic carbocycles. The van der Waals surface area contributed by atoms with Gasteiger partial charge in [0.1, 0.15) is 23.1 Å². The minimum absolute atomic E-state index is 0.0460. The number of amides is 1. The highest BCUT2D eigenvalue weighted by atomic mass is 19.4. The van der Waals surface area contributed by atoms with Crippen molar-refractivity contribution < 1.29 is 27.6 Å². The summed E-state index contributed by atoms with van der Waals surface area (Å²) in [6, 6.07) is 7.33. The summed E-state index contributed by atoms with van der Waals surface area (Å²) in [5, 5.41) is 14.2. The molecule has 1 aliphatic heterocycles. The van der Waals surface area contributed by atoms with Crippen LogP contribution >= 0.6 is 0 Å². The van der Waals surface area contributed by atoms with E-state index < -0.39 is 22.3 Å². The van der Waals surface area contributed by atoms with Gasteiger partial charge in [0.05, 0.1) is 22.2 Å². The van der Waals surface area contributed by atoms with Gasteiger partial charge in [-0.2, -0.15) is 13.2 Å². The van der Waals surface area contributed by atoms with Crippen molar-refractivity contribution in [1.29, 1.82) is 0 Å². The number of piperazine rings is 1. The second-order valence-electron chi connectivity index (χ2n) is 9.76. The summed E-state index contributed by atoms with van der Waals surface area (Å²) in [6.07, 6.45) is -2.44. The fourth-order valence-electron chi connectivity index (χ4n) is 3.84. The zero-order valence-corrected chi connectivity index (χ0v) is 21.4. The summed E-state index contributed by atoms with van der Waals surface area (Å²) in [4.78, 5) is 39.5. The van der Waals surface area contributed by atoms with Gasteiger partial charge in [-0.25, -0.2) is 19.7 Å². The van der Waals surface area contributed by atoms with Crippen LogP contribution < -0.4 is 10.2 Å². The quantitative estimate of drug-likeness (QED) is 0.337. The minimum atomic E-state index is -4.58. The number of hydrogen-bond acceptors (Lipinski definition) is 9. The van der Waals surface area contributed by atoms with Gasteiger partial charge in [-0.1, -0.05) is 0 Å². The van der Waals surface area contributed by atoms with Crippen molar-refractivity contribution >= 4 is 29.2 Å². The van der Waals surface area contributed by atoms with E-state index >= 15 is 0 Å². The lowest BCUT2D eigenvalue weighted by Crippen LogP contribution is -2.50. The Morgan fingerprint density at radius 2 is 1.69 bits per heavy atom. The van der Waals surface area contributed by atoms with Crippen LogP contribution in [0.4, 0.5) is 41.1 Å². The first kappa shape index (κ1) is 27.5. The molecule has 4 rings (SSSR count). The first-order valence-corrected chi connectivity index (χ1v) is 11.9. The first-order valence-electron chi connectivity index (χ1n) is 11.9. The van der Waals surface area contributed by atoms with Gasteiger partial charge in [0, 0.05) is 50.2 Å². The van der Waals surface area contributed by atoms with Crippen LogP contribution in [0.2, 0.25) is 0 Å². The average Bonchev–Trinajstić information content (AvgIpc) is 2.87. The second-order valence-corrected chi connectivity index (χ2v) is 9.76. The Balaban J connectivity index is 1.55. The van der Waals surface area contributed by atoms with Gasteiger partial charge in [0.2, 0.25) is 0 Å². The third-order valence-electron chi connectivity index (χ3n) is 5.66. The maximum Gasteiger partial charge on any atom is 0.416 e. The number of alkyl halides is 3. The Hall–Kier alpha value is -4.49. The molecule has 1 aliphatic rings. The molecular formula is C25H26F3N7O4. The molecule has 3 aromatic heterocycles. The molecule has 39 heavy (non-hydrogen) atoms. The van der Waals surface area contributed by atoms with E-state index in [-0.39, 0.29) is 29.1 Å². The molecule has 11 nitrogen and oxygen atoms in total. The van der Waals surface area contributed by atoms with E-state index in [2.05, 4.69) is 20.3 Å². The molecule has 0 bridgehead atoms. The molecule has 206 valence electrons. The number of carbonyl (C=O) groups excluding carboxylic acids is 1. The highest BCUT2D eigenvalue weighted by Gasteiger charge is 2.31. The molecule has 14 heteroatoms. The Kier molecular flexibility index (Phi) is 7.56.